The second-order valence-electron chi connectivity index (χ2n) is 5.21. The van der Waals surface area contributed by atoms with E-state index in [1.807, 2.05) is 6.07 Å². The highest BCUT2D eigenvalue weighted by atomic mass is 19.1. The smallest absolute Gasteiger partial charge is 0.260 e. The van der Waals surface area contributed by atoms with E-state index in [4.69, 9.17) is 10.00 Å². The van der Waals surface area contributed by atoms with Gasteiger partial charge >= 0.3 is 0 Å². The van der Waals surface area contributed by atoms with Gasteiger partial charge in [0.05, 0.1) is 17.7 Å². The van der Waals surface area contributed by atoms with Crippen LogP contribution in [0.4, 0.5) is 4.39 Å². The fourth-order valence-corrected chi connectivity index (χ4v) is 2.04. The topological polar surface area (TPSA) is 82.3 Å². The molecule has 2 aromatic rings. The number of nitriles is 1. The maximum atomic E-state index is 12.8. The van der Waals surface area contributed by atoms with E-state index in [-0.39, 0.29) is 6.54 Å². The molecule has 2 aromatic carbocycles. The first-order valence-corrected chi connectivity index (χ1v) is 7.37. The minimum absolute atomic E-state index is 0.0175. The Labute approximate surface area is 139 Å². The van der Waals surface area contributed by atoms with Gasteiger partial charge in [-0.2, -0.15) is 5.26 Å². The maximum absolute atomic E-state index is 12.8. The molecular formula is C18H17FN2O3. The van der Waals surface area contributed by atoms with Crippen LogP contribution in [-0.2, 0) is 4.79 Å². The summed E-state index contributed by atoms with van der Waals surface area (Å²) in [6.07, 6.45) is -1.73. The Morgan fingerprint density at radius 2 is 2.04 bits per heavy atom. The number of nitrogens with one attached hydrogen (secondary N) is 1. The number of carbonyl (C=O) groups is 1. The summed E-state index contributed by atoms with van der Waals surface area (Å²) in [4.78, 5) is 12.0. The fraction of sp³-hybridized carbons (Fsp3) is 0.222. The van der Waals surface area contributed by atoms with Gasteiger partial charge < -0.3 is 15.2 Å². The molecule has 0 aromatic heterocycles. The van der Waals surface area contributed by atoms with Gasteiger partial charge in [-0.1, -0.05) is 18.2 Å². The van der Waals surface area contributed by atoms with Gasteiger partial charge in [0.25, 0.3) is 5.91 Å². The van der Waals surface area contributed by atoms with E-state index in [1.165, 1.54) is 30.3 Å². The molecule has 0 saturated heterocycles. The summed E-state index contributed by atoms with van der Waals surface area (Å²) in [7, 11) is 0. The number of ether oxygens (including phenoxy) is 1. The van der Waals surface area contributed by atoms with E-state index < -0.39 is 23.9 Å². The molecule has 0 aliphatic rings. The van der Waals surface area contributed by atoms with Crippen LogP contribution in [-0.4, -0.2) is 23.7 Å². The van der Waals surface area contributed by atoms with Crippen LogP contribution in [0.2, 0.25) is 0 Å². The molecule has 0 aliphatic carbocycles. The normalized spacial score (nSPS) is 12.8. The summed E-state index contributed by atoms with van der Waals surface area (Å²) in [5, 5.41) is 21.4. The van der Waals surface area contributed by atoms with Crippen LogP contribution < -0.4 is 10.1 Å². The molecular weight excluding hydrogens is 311 g/mol. The molecule has 0 bridgehead atoms. The Morgan fingerprint density at radius 1 is 1.33 bits per heavy atom. The predicted octanol–water partition coefficient (Wildman–Crippen LogP) is 2.31. The molecule has 5 nitrogen and oxygen atoms in total. The van der Waals surface area contributed by atoms with Crippen molar-refractivity contribution in [3.8, 4) is 11.8 Å². The minimum atomic E-state index is -0.941. The van der Waals surface area contributed by atoms with Crippen molar-refractivity contribution < 1.29 is 19.0 Å². The van der Waals surface area contributed by atoms with E-state index in [9.17, 15) is 14.3 Å². The van der Waals surface area contributed by atoms with Crippen molar-refractivity contribution in [2.24, 2.45) is 0 Å². The van der Waals surface area contributed by atoms with E-state index in [0.29, 0.717) is 16.9 Å². The zero-order valence-corrected chi connectivity index (χ0v) is 13.1. The molecule has 1 amide bonds. The second kappa shape index (κ2) is 8.09. The Kier molecular flexibility index (Phi) is 5.88. The average Bonchev–Trinajstić information content (AvgIpc) is 2.60. The lowest BCUT2D eigenvalue weighted by molar-refractivity contribution is -0.127. The number of nitrogens with zero attached hydrogens (tertiary/aromatic N) is 1. The molecule has 6 heteroatoms. The Hall–Kier alpha value is -2.91. The van der Waals surface area contributed by atoms with Gasteiger partial charge in [-0.15, -0.1) is 0 Å². The zero-order chi connectivity index (χ0) is 17.5. The van der Waals surface area contributed by atoms with Crippen molar-refractivity contribution in [2.45, 2.75) is 19.1 Å². The van der Waals surface area contributed by atoms with Crippen LogP contribution in [0.3, 0.4) is 0 Å². The lowest BCUT2D eigenvalue weighted by Crippen LogP contribution is -2.38. The first-order valence-electron chi connectivity index (χ1n) is 7.37. The largest absolute Gasteiger partial charge is 0.481 e. The van der Waals surface area contributed by atoms with Crippen molar-refractivity contribution in [1.29, 1.82) is 5.26 Å². The molecule has 2 atom stereocenters. The van der Waals surface area contributed by atoms with Gasteiger partial charge in [0, 0.05) is 6.54 Å². The van der Waals surface area contributed by atoms with Crippen LogP contribution in [0.1, 0.15) is 24.2 Å². The van der Waals surface area contributed by atoms with Crippen LogP contribution in [0, 0.1) is 17.1 Å². The number of benzene rings is 2. The Morgan fingerprint density at radius 3 is 2.71 bits per heavy atom. The summed E-state index contributed by atoms with van der Waals surface area (Å²) in [6, 6.07) is 13.9. The summed E-state index contributed by atoms with van der Waals surface area (Å²) in [5.74, 6) is -0.383. The van der Waals surface area contributed by atoms with Gasteiger partial charge in [0.1, 0.15) is 11.6 Å². The first-order chi connectivity index (χ1) is 11.5. The quantitative estimate of drug-likeness (QED) is 0.852. The summed E-state index contributed by atoms with van der Waals surface area (Å²) < 4.78 is 18.3. The lowest BCUT2D eigenvalue weighted by Gasteiger charge is -2.17. The van der Waals surface area contributed by atoms with Crippen molar-refractivity contribution in [3.05, 3.63) is 65.5 Å². The summed E-state index contributed by atoms with van der Waals surface area (Å²) in [5.41, 5.74) is 0.943. The highest BCUT2D eigenvalue weighted by molar-refractivity contribution is 5.80. The van der Waals surface area contributed by atoms with Crippen molar-refractivity contribution in [2.75, 3.05) is 6.54 Å². The molecule has 0 saturated carbocycles. The van der Waals surface area contributed by atoms with Gasteiger partial charge in [-0.25, -0.2) is 4.39 Å². The number of halogens is 1. The number of hydrogen-bond acceptors (Lipinski definition) is 4. The third-order valence-corrected chi connectivity index (χ3v) is 3.37. The van der Waals surface area contributed by atoms with Crippen LogP contribution in [0.25, 0.3) is 0 Å². The molecule has 0 spiro atoms. The van der Waals surface area contributed by atoms with Crippen molar-refractivity contribution in [3.63, 3.8) is 0 Å². The van der Waals surface area contributed by atoms with Crippen molar-refractivity contribution in [1.82, 2.24) is 5.32 Å². The first kappa shape index (κ1) is 17.4. The minimum Gasteiger partial charge on any atom is -0.481 e. The molecule has 0 radical (unpaired) electrons. The zero-order valence-electron chi connectivity index (χ0n) is 13.1. The van der Waals surface area contributed by atoms with E-state index in [2.05, 4.69) is 5.32 Å². The van der Waals surface area contributed by atoms with Gasteiger partial charge in [0.15, 0.2) is 6.10 Å². The molecule has 2 rings (SSSR count). The van der Waals surface area contributed by atoms with Crippen LogP contribution in [0.5, 0.6) is 5.75 Å². The number of rotatable bonds is 6. The molecule has 0 heterocycles. The van der Waals surface area contributed by atoms with Crippen LogP contribution in [0.15, 0.2) is 48.5 Å². The Bertz CT molecular complexity index is 741. The van der Waals surface area contributed by atoms with Gasteiger partial charge in [0.2, 0.25) is 0 Å². The summed E-state index contributed by atoms with van der Waals surface area (Å²) >= 11 is 0. The SMILES string of the molecule is CC(Oc1cccc(C#N)c1)C(=O)NCC(O)c1ccc(F)cc1. The molecule has 0 fully saturated rings. The standard InChI is InChI=1S/C18H17FN2O3/c1-12(24-16-4-2-3-13(9-16)10-20)18(23)21-11-17(22)14-5-7-15(19)8-6-14/h2-9,12,17,22H,11H2,1H3,(H,21,23). The number of aliphatic hydroxyl groups is 1. The van der Waals surface area contributed by atoms with Crippen molar-refractivity contribution >= 4 is 5.91 Å². The number of carbonyl (C=O) groups excluding carboxylic acids is 1. The van der Waals surface area contributed by atoms with Crippen LogP contribution >= 0.6 is 0 Å². The Balaban J connectivity index is 1.87. The third-order valence-electron chi connectivity index (χ3n) is 3.37. The molecule has 2 N–H and O–H groups in total. The number of hydrogen-bond donors (Lipinski definition) is 2. The molecule has 24 heavy (non-hydrogen) atoms. The van der Waals surface area contributed by atoms with E-state index in [1.54, 1.807) is 25.1 Å². The highest BCUT2D eigenvalue weighted by Crippen LogP contribution is 2.15. The van der Waals surface area contributed by atoms with Gasteiger partial charge in [-0.05, 0) is 42.8 Å². The average molecular weight is 328 g/mol. The van der Waals surface area contributed by atoms with Gasteiger partial charge in [-0.3, -0.25) is 4.79 Å². The summed E-state index contributed by atoms with van der Waals surface area (Å²) in [6.45, 7) is 1.55. The number of aliphatic hydroxyl groups excluding tert-OH is 1. The van der Waals surface area contributed by atoms with E-state index >= 15 is 0 Å². The molecule has 0 aliphatic heterocycles. The third kappa shape index (κ3) is 4.80. The second-order valence-corrected chi connectivity index (χ2v) is 5.21. The molecule has 2 unspecified atom stereocenters. The lowest BCUT2D eigenvalue weighted by atomic mass is 10.1. The van der Waals surface area contributed by atoms with E-state index in [0.717, 1.165) is 0 Å². The number of amides is 1. The predicted molar refractivity (Wildman–Crippen MR) is 85.6 cm³/mol. The highest BCUT2D eigenvalue weighted by Gasteiger charge is 2.16. The monoisotopic (exact) mass is 328 g/mol. The fourth-order valence-electron chi connectivity index (χ4n) is 2.04. The molecule has 124 valence electrons. The maximum Gasteiger partial charge on any atom is 0.260 e.